The largest absolute Gasteiger partial charge is 0.497 e. The number of fused-ring (bicyclic) bond motifs is 1. The Morgan fingerprint density at radius 2 is 1.88 bits per heavy atom. The van der Waals surface area contributed by atoms with Gasteiger partial charge in [-0.1, -0.05) is 22.9 Å². The first kappa shape index (κ1) is 17.3. The molecule has 0 bridgehead atoms. The number of anilines is 1. The van der Waals surface area contributed by atoms with Crippen LogP contribution in [0.2, 0.25) is 0 Å². The lowest BCUT2D eigenvalue weighted by atomic mass is 10.1. The summed E-state index contributed by atoms with van der Waals surface area (Å²) in [5.74, 6) is 0.630. The van der Waals surface area contributed by atoms with Crippen molar-refractivity contribution in [2.75, 3.05) is 18.0 Å². The van der Waals surface area contributed by atoms with Crippen molar-refractivity contribution in [1.29, 1.82) is 0 Å². The van der Waals surface area contributed by atoms with E-state index in [9.17, 15) is 13.6 Å². The van der Waals surface area contributed by atoms with Gasteiger partial charge in [-0.2, -0.15) is 0 Å². The Balaban J connectivity index is 2.12. The lowest BCUT2D eigenvalue weighted by molar-refractivity contribution is 0.316. The summed E-state index contributed by atoms with van der Waals surface area (Å²) in [4.78, 5) is 0.240. The zero-order valence-corrected chi connectivity index (χ0v) is 15.0. The molecule has 1 aliphatic rings. The van der Waals surface area contributed by atoms with Crippen molar-refractivity contribution in [3.63, 3.8) is 0 Å². The van der Waals surface area contributed by atoms with E-state index in [1.807, 2.05) is 6.92 Å². The average Bonchev–Trinajstić information content (AvgIpc) is 2.80. The Bertz CT molecular complexity index is 905. The van der Waals surface area contributed by atoms with Crippen molar-refractivity contribution >= 4 is 21.4 Å². The van der Waals surface area contributed by atoms with Crippen LogP contribution in [0.3, 0.4) is 0 Å². The Labute approximate surface area is 147 Å². The van der Waals surface area contributed by atoms with Gasteiger partial charge in [-0.25, -0.2) is 8.42 Å². The van der Waals surface area contributed by atoms with Gasteiger partial charge < -0.3 is 9.94 Å². The molecule has 0 aliphatic carbocycles. The van der Waals surface area contributed by atoms with Gasteiger partial charge in [0.2, 0.25) is 0 Å². The van der Waals surface area contributed by atoms with Gasteiger partial charge in [0.25, 0.3) is 10.0 Å². The molecule has 1 aliphatic heterocycles. The lowest BCUT2D eigenvalue weighted by Gasteiger charge is -2.24. The molecule has 2 aromatic carbocycles. The minimum absolute atomic E-state index is 0.217. The van der Waals surface area contributed by atoms with Gasteiger partial charge in [-0.15, -0.1) is 0 Å². The molecule has 0 spiro atoms. The topological polar surface area (TPSA) is 79.2 Å². The molecule has 1 heterocycles. The summed E-state index contributed by atoms with van der Waals surface area (Å²) < 4.78 is 32.9. The van der Waals surface area contributed by atoms with E-state index < -0.39 is 10.0 Å². The third-order valence-electron chi connectivity index (χ3n) is 4.30. The summed E-state index contributed by atoms with van der Waals surface area (Å²) >= 11 is 0. The second kappa shape index (κ2) is 6.76. The average molecular weight is 360 g/mol. The molecular formula is C18H20N2O4S. The molecular weight excluding hydrogens is 340 g/mol. The van der Waals surface area contributed by atoms with Crippen molar-refractivity contribution in [2.45, 2.75) is 24.7 Å². The highest BCUT2D eigenvalue weighted by Crippen LogP contribution is 2.33. The molecule has 0 radical (unpaired) electrons. The third kappa shape index (κ3) is 3.32. The van der Waals surface area contributed by atoms with Crippen LogP contribution in [0.4, 0.5) is 5.69 Å². The minimum atomic E-state index is -3.71. The lowest BCUT2D eigenvalue weighted by Crippen LogP contribution is -2.32. The highest BCUT2D eigenvalue weighted by molar-refractivity contribution is 7.92. The SMILES string of the molecule is COc1ccc2c(c1)CC(=NO)CCN2S(=O)(=O)c1ccc(C)cc1. The molecule has 3 rings (SSSR count). The Kier molecular flexibility index (Phi) is 4.67. The molecule has 2 aromatic rings. The van der Waals surface area contributed by atoms with Crippen LogP contribution in [-0.4, -0.2) is 33.0 Å². The first-order valence-corrected chi connectivity index (χ1v) is 9.36. The standard InChI is InChI=1S/C18H20N2O4S/c1-13-3-6-17(7-4-13)25(22,23)20-10-9-15(19-21)11-14-12-16(24-2)5-8-18(14)20/h3-8,12,21H,9-11H2,1-2H3. The number of methoxy groups -OCH3 is 1. The van der Waals surface area contributed by atoms with Gasteiger partial charge >= 0.3 is 0 Å². The molecule has 7 heteroatoms. The molecule has 0 fully saturated rings. The smallest absolute Gasteiger partial charge is 0.264 e. The molecule has 132 valence electrons. The Morgan fingerprint density at radius 3 is 2.52 bits per heavy atom. The van der Waals surface area contributed by atoms with Gasteiger partial charge in [-0.05, 0) is 42.8 Å². The van der Waals surface area contributed by atoms with Crippen LogP contribution in [0.15, 0.2) is 52.5 Å². The molecule has 0 atom stereocenters. The summed E-state index contributed by atoms with van der Waals surface area (Å²) in [6.45, 7) is 2.13. The van der Waals surface area contributed by atoms with E-state index in [0.29, 0.717) is 30.0 Å². The monoisotopic (exact) mass is 360 g/mol. The van der Waals surface area contributed by atoms with Crippen molar-refractivity contribution in [3.8, 4) is 5.75 Å². The van der Waals surface area contributed by atoms with Crippen LogP contribution < -0.4 is 9.04 Å². The van der Waals surface area contributed by atoms with E-state index in [1.165, 1.54) is 4.31 Å². The number of nitrogens with zero attached hydrogens (tertiary/aromatic N) is 2. The molecule has 25 heavy (non-hydrogen) atoms. The van der Waals surface area contributed by atoms with Crippen molar-refractivity contribution in [3.05, 3.63) is 53.6 Å². The van der Waals surface area contributed by atoms with Crippen LogP contribution in [0.5, 0.6) is 5.75 Å². The second-order valence-corrected chi connectivity index (χ2v) is 7.84. The van der Waals surface area contributed by atoms with Crippen molar-refractivity contribution < 1.29 is 18.4 Å². The van der Waals surface area contributed by atoms with E-state index >= 15 is 0 Å². The number of ether oxygens (including phenoxy) is 1. The van der Waals surface area contributed by atoms with Crippen LogP contribution in [0.1, 0.15) is 17.5 Å². The number of benzene rings is 2. The summed E-state index contributed by atoms with van der Waals surface area (Å²) in [6, 6.07) is 12.0. The molecule has 0 saturated carbocycles. The predicted octanol–water partition coefficient (Wildman–Crippen LogP) is 2.98. The number of hydrogen-bond donors (Lipinski definition) is 1. The summed E-state index contributed by atoms with van der Waals surface area (Å²) in [6.07, 6.45) is 0.738. The molecule has 6 nitrogen and oxygen atoms in total. The van der Waals surface area contributed by atoms with Gasteiger partial charge in [0.1, 0.15) is 5.75 Å². The highest BCUT2D eigenvalue weighted by atomic mass is 32.2. The number of sulfonamides is 1. The van der Waals surface area contributed by atoms with Crippen molar-refractivity contribution in [1.82, 2.24) is 0 Å². The molecule has 0 unspecified atom stereocenters. The van der Waals surface area contributed by atoms with E-state index in [1.54, 1.807) is 49.6 Å². The van der Waals surface area contributed by atoms with Crippen LogP contribution in [-0.2, 0) is 16.4 Å². The van der Waals surface area contributed by atoms with Gasteiger partial charge in [0.15, 0.2) is 0 Å². The maximum Gasteiger partial charge on any atom is 0.264 e. The van der Waals surface area contributed by atoms with Gasteiger partial charge in [-0.3, -0.25) is 4.31 Å². The van der Waals surface area contributed by atoms with Crippen molar-refractivity contribution in [2.24, 2.45) is 5.16 Å². The number of oxime groups is 1. The second-order valence-electron chi connectivity index (χ2n) is 5.98. The Hall–Kier alpha value is -2.54. The fourth-order valence-corrected chi connectivity index (χ4v) is 4.41. The predicted molar refractivity (Wildman–Crippen MR) is 96.2 cm³/mol. The number of hydrogen-bond acceptors (Lipinski definition) is 5. The van der Waals surface area contributed by atoms with Crippen LogP contribution in [0, 0.1) is 6.92 Å². The maximum absolute atomic E-state index is 13.2. The zero-order chi connectivity index (χ0) is 18.0. The maximum atomic E-state index is 13.2. The third-order valence-corrected chi connectivity index (χ3v) is 6.13. The fourth-order valence-electron chi connectivity index (χ4n) is 2.91. The normalized spacial score (nSPS) is 16.4. The van der Waals surface area contributed by atoms with Crippen LogP contribution in [0.25, 0.3) is 0 Å². The first-order chi connectivity index (χ1) is 12.0. The number of aryl methyl sites for hydroxylation is 1. The van der Waals surface area contributed by atoms with Crippen LogP contribution >= 0.6 is 0 Å². The quantitative estimate of drug-likeness (QED) is 0.674. The molecule has 1 N–H and O–H groups in total. The Morgan fingerprint density at radius 1 is 1.16 bits per heavy atom. The van der Waals surface area contributed by atoms with E-state index in [4.69, 9.17) is 4.74 Å². The molecule has 0 aromatic heterocycles. The van der Waals surface area contributed by atoms with Gasteiger partial charge in [0.05, 0.1) is 23.4 Å². The molecule has 0 saturated heterocycles. The zero-order valence-electron chi connectivity index (χ0n) is 14.1. The minimum Gasteiger partial charge on any atom is -0.497 e. The summed E-state index contributed by atoms with van der Waals surface area (Å²) in [7, 11) is -2.16. The van der Waals surface area contributed by atoms with E-state index in [0.717, 1.165) is 11.1 Å². The summed E-state index contributed by atoms with van der Waals surface area (Å²) in [5.41, 5.74) is 2.87. The highest BCUT2D eigenvalue weighted by Gasteiger charge is 2.29. The van der Waals surface area contributed by atoms with E-state index in [-0.39, 0.29) is 11.4 Å². The number of rotatable bonds is 3. The summed E-state index contributed by atoms with van der Waals surface area (Å²) in [5, 5.41) is 12.5. The fraction of sp³-hybridized carbons (Fsp3) is 0.278. The first-order valence-electron chi connectivity index (χ1n) is 7.92. The van der Waals surface area contributed by atoms with Gasteiger partial charge in [0, 0.05) is 19.4 Å². The molecule has 0 amide bonds. The van der Waals surface area contributed by atoms with E-state index in [2.05, 4.69) is 5.16 Å².